The first-order chi connectivity index (χ1) is 10.1. The maximum Gasteiger partial charge on any atom is 0.245 e. The Morgan fingerprint density at radius 2 is 1.95 bits per heavy atom. The molecule has 0 N–H and O–H groups in total. The van der Waals surface area contributed by atoms with Crippen molar-refractivity contribution in [2.45, 2.75) is 25.9 Å². The van der Waals surface area contributed by atoms with E-state index in [1.807, 2.05) is 30.3 Å². The van der Waals surface area contributed by atoms with Gasteiger partial charge in [0.2, 0.25) is 11.8 Å². The fourth-order valence-electron chi connectivity index (χ4n) is 2.58. The first-order valence-corrected chi connectivity index (χ1v) is 7.24. The Balaban J connectivity index is 1.99. The number of nitrogens with zero attached hydrogens (tertiary/aromatic N) is 2. The minimum Gasteiger partial charge on any atom is -0.385 e. The molecule has 0 aliphatic carbocycles. The molecule has 1 atom stereocenters. The summed E-state index contributed by atoms with van der Waals surface area (Å²) in [5.74, 6) is 0.0185. The minimum atomic E-state index is -0.396. The number of carbonyl (C=O) groups excluding carboxylic acids is 2. The summed E-state index contributed by atoms with van der Waals surface area (Å²) in [6.45, 7) is 3.61. The van der Waals surface area contributed by atoms with Crippen LogP contribution in [0.2, 0.25) is 0 Å². The highest BCUT2D eigenvalue weighted by atomic mass is 16.5. The van der Waals surface area contributed by atoms with Crippen molar-refractivity contribution < 1.29 is 14.3 Å². The van der Waals surface area contributed by atoms with Crippen LogP contribution in [-0.2, 0) is 20.9 Å². The van der Waals surface area contributed by atoms with Crippen molar-refractivity contribution in [2.75, 3.05) is 26.8 Å². The van der Waals surface area contributed by atoms with Gasteiger partial charge in [0, 0.05) is 26.8 Å². The Hall–Kier alpha value is -1.88. The quantitative estimate of drug-likeness (QED) is 0.742. The molecule has 1 aromatic carbocycles. The smallest absolute Gasteiger partial charge is 0.245 e. The summed E-state index contributed by atoms with van der Waals surface area (Å²) in [4.78, 5) is 27.9. The minimum absolute atomic E-state index is 0.00846. The molecule has 1 saturated heterocycles. The van der Waals surface area contributed by atoms with Gasteiger partial charge in [0.1, 0.15) is 12.6 Å². The van der Waals surface area contributed by atoms with Gasteiger partial charge in [0.25, 0.3) is 0 Å². The van der Waals surface area contributed by atoms with E-state index in [0.717, 1.165) is 12.0 Å². The number of benzene rings is 1. The second-order valence-corrected chi connectivity index (χ2v) is 5.29. The molecule has 0 unspecified atom stereocenters. The summed E-state index contributed by atoms with van der Waals surface area (Å²) < 4.78 is 5.00. The maximum absolute atomic E-state index is 12.4. The van der Waals surface area contributed by atoms with Crippen molar-refractivity contribution in [1.82, 2.24) is 9.80 Å². The molecule has 1 heterocycles. The second kappa shape index (κ2) is 7.22. The third kappa shape index (κ3) is 3.82. The summed E-state index contributed by atoms with van der Waals surface area (Å²) in [5, 5.41) is 0. The van der Waals surface area contributed by atoms with Gasteiger partial charge in [0.15, 0.2) is 0 Å². The van der Waals surface area contributed by atoms with E-state index in [1.54, 1.807) is 23.8 Å². The van der Waals surface area contributed by atoms with Crippen LogP contribution >= 0.6 is 0 Å². The molecule has 5 nitrogen and oxygen atoms in total. The molecule has 1 fully saturated rings. The third-order valence-corrected chi connectivity index (χ3v) is 3.75. The lowest BCUT2D eigenvalue weighted by atomic mass is 10.1. The molecule has 1 aliphatic heterocycles. The maximum atomic E-state index is 12.4. The predicted octanol–water partition coefficient (Wildman–Crippen LogP) is 1.28. The SMILES string of the molecule is COCCCN1C(=O)CN(Cc2ccccc2)C(=O)[C@H]1C. The summed E-state index contributed by atoms with van der Waals surface area (Å²) in [6.07, 6.45) is 0.749. The molecule has 0 aromatic heterocycles. The highest BCUT2D eigenvalue weighted by molar-refractivity contribution is 5.94. The van der Waals surface area contributed by atoms with Crippen molar-refractivity contribution in [3.63, 3.8) is 0 Å². The largest absolute Gasteiger partial charge is 0.385 e. The van der Waals surface area contributed by atoms with Crippen molar-refractivity contribution >= 4 is 11.8 Å². The van der Waals surface area contributed by atoms with Gasteiger partial charge in [-0.1, -0.05) is 30.3 Å². The van der Waals surface area contributed by atoms with E-state index in [1.165, 1.54) is 0 Å². The molecule has 0 radical (unpaired) electrons. The van der Waals surface area contributed by atoms with Gasteiger partial charge in [0.05, 0.1) is 0 Å². The van der Waals surface area contributed by atoms with Crippen LogP contribution in [0.4, 0.5) is 0 Å². The number of methoxy groups -OCH3 is 1. The van der Waals surface area contributed by atoms with Gasteiger partial charge >= 0.3 is 0 Å². The third-order valence-electron chi connectivity index (χ3n) is 3.75. The Bertz CT molecular complexity index is 490. The van der Waals surface area contributed by atoms with Gasteiger partial charge in [-0.25, -0.2) is 0 Å². The number of amides is 2. The number of carbonyl (C=O) groups is 2. The predicted molar refractivity (Wildman–Crippen MR) is 79.5 cm³/mol. The van der Waals surface area contributed by atoms with Crippen LogP contribution in [0, 0.1) is 0 Å². The number of hydrogen-bond donors (Lipinski definition) is 0. The standard InChI is InChI=1S/C16H22N2O3/c1-13-16(20)17(11-14-7-4-3-5-8-14)12-15(19)18(13)9-6-10-21-2/h3-5,7-8,13H,6,9-12H2,1-2H3/t13-/m1/s1. The number of rotatable bonds is 6. The average Bonchev–Trinajstić information content (AvgIpc) is 2.49. The first-order valence-electron chi connectivity index (χ1n) is 7.24. The van der Waals surface area contributed by atoms with Crippen LogP contribution in [0.1, 0.15) is 18.9 Å². The lowest BCUT2D eigenvalue weighted by molar-refractivity contribution is -0.155. The normalized spacial score (nSPS) is 19.2. The molecule has 2 rings (SSSR count). The van der Waals surface area contributed by atoms with Gasteiger partial charge in [-0.2, -0.15) is 0 Å². The molecule has 0 spiro atoms. The van der Waals surface area contributed by atoms with Crippen LogP contribution in [0.25, 0.3) is 0 Å². The first kappa shape index (κ1) is 15.5. The molecular formula is C16H22N2O3. The number of piperazine rings is 1. The fraction of sp³-hybridized carbons (Fsp3) is 0.500. The van der Waals surface area contributed by atoms with Gasteiger partial charge in [-0.3, -0.25) is 9.59 Å². The molecule has 0 saturated carbocycles. The fourth-order valence-corrected chi connectivity index (χ4v) is 2.58. The molecule has 1 aliphatic rings. The van der Waals surface area contributed by atoms with Crippen molar-refractivity contribution in [3.05, 3.63) is 35.9 Å². The molecule has 5 heteroatoms. The van der Waals surface area contributed by atoms with Crippen LogP contribution in [0.5, 0.6) is 0 Å². The number of hydrogen-bond acceptors (Lipinski definition) is 3. The van der Waals surface area contributed by atoms with Crippen LogP contribution in [-0.4, -0.2) is 54.5 Å². The van der Waals surface area contributed by atoms with E-state index in [4.69, 9.17) is 4.74 Å². The van der Waals surface area contributed by atoms with E-state index in [0.29, 0.717) is 19.7 Å². The summed E-state index contributed by atoms with van der Waals surface area (Å²) in [5.41, 5.74) is 1.04. The van der Waals surface area contributed by atoms with E-state index in [9.17, 15) is 9.59 Å². The van der Waals surface area contributed by atoms with E-state index in [2.05, 4.69) is 0 Å². The molecule has 21 heavy (non-hydrogen) atoms. The zero-order valence-corrected chi connectivity index (χ0v) is 12.6. The summed E-state index contributed by atoms with van der Waals surface area (Å²) in [7, 11) is 1.63. The van der Waals surface area contributed by atoms with Crippen LogP contribution in [0.15, 0.2) is 30.3 Å². The topological polar surface area (TPSA) is 49.9 Å². The highest BCUT2D eigenvalue weighted by Gasteiger charge is 2.35. The molecular weight excluding hydrogens is 268 g/mol. The Kier molecular flexibility index (Phi) is 5.33. The average molecular weight is 290 g/mol. The van der Waals surface area contributed by atoms with Gasteiger partial charge in [-0.05, 0) is 18.9 Å². The van der Waals surface area contributed by atoms with Gasteiger partial charge < -0.3 is 14.5 Å². The summed E-state index contributed by atoms with van der Waals surface area (Å²) >= 11 is 0. The van der Waals surface area contributed by atoms with Gasteiger partial charge in [-0.15, -0.1) is 0 Å². The second-order valence-electron chi connectivity index (χ2n) is 5.29. The highest BCUT2D eigenvalue weighted by Crippen LogP contribution is 2.16. The van der Waals surface area contributed by atoms with E-state index in [-0.39, 0.29) is 18.4 Å². The molecule has 2 amide bonds. The number of ether oxygens (including phenoxy) is 1. The summed E-state index contributed by atoms with van der Waals surface area (Å²) in [6, 6.07) is 9.35. The molecule has 0 bridgehead atoms. The lowest BCUT2D eigenvalue weighted by Crippen LogP contribution is -2.58. The Morgan fingerprint density at radius 1 is 1.24 bits per heavy atom. The molecule has 1 aromatic rings. The van der Waals surface area contributed by atoms with Crippen LogP contribution < -0.4 is 0 Å². The van der Waals surface area contributed by atoms with Crippen molar-refractivity contribution in [1.29, 1.82) is 0 Å². The van der Waals surface area contributed by atoms with E-state index >= 15 is 0 Å². The monoisotopic (exact) mass is 290 g/mol. The Morgan fingerprint density at radius 3 is 2.62 bits per heavy atom. The van der Waals surface area contributed by atoms with Crippen LogP contribution in [0.3, 0.4) is 0 Å². The van der Waals surface area contributed by atoms with E-state index < -0.39 is 6.04 Å². The van der Waals surface area contributed by atoms with Crippen molar-refractivity contribution in [2.24, 2.45) is 0 Å². The lowest BCUT2D eigenvalue weighted by Gasteiger charge is -2.38. The zero-order valence-electron chi connectivity index (χ0n) is 12.6. The van der Waals surface area contributed by atoms with Crippen molar-refractivity contribution in [3.8, 4) is 0 Å². The molecule has 114 valence electrons. The zero-order chi connectivity index (χ0) is 15.2. The Labute approximate surface area is 125 Å².